The number of nitrogens with one attached hydrogen (secondary N) is 1. The number of carbonyl (C=O) groups is 1. The van der Waals surface area contributed by atoms with E-state index in [-0.39, 0.29) is 13.0 Å². The summed E-state index contributed by atoms with van der Waals surface area (Å²) < 4.78 is 40.8. The van der Waals surface area contributed by atoms with Gasteiger partial charge >= 0.3 is 5.97 Å². The highest BCUT2D eigenvalue weighted by Gasteiger charge is 2.59. The number of hydrogen-bond acceptors (Lipinski definition) is 3. The lowest BCUT2D eigenvalue weighted by Crippen LogP contribution is -2.11. The lowest BCUT2D eigenvalue weighted by molar-refractivity contribution is 0.0691. The number of carboxylic acid groups (broad SMARTS) is 1. The Bertz CT molecular complexity index is 730. The molecule has 1 aromatic heterocycles. The third-order valence-electron chi connectivity index (χ3n) is 3.51. The minimum atomic E-state index is -2.73. The molecule has 1 unspecified atom stereocenters. The molecule has 0 amide bonds. The Morgan fingerprint density at radius 3 is 2.82 bits per heavy atom. The Kier molecular flexibility index (Phi) is 3.31. The molecular weight excluding hydrogens is 299 g/mol. The van der Waals surface area contributed by atoms with Gasteiger partial charge in [0.15, 0.2) is 0 Å². The van der Waals surface area contributed by atoms with Crippen molar-refractivity contribution in [3.05, 3.63) is 47.5 Å². The van der Waals surface area contributed by atoms with Crippen LogP contribution in [0.25, 0.3) is 0 Å². The lowest BCUT2D eigenvalue weighted by Gasteiger charge is -2.10. The summed E-state index contributed by atoms with van der Waals surface area (Å²) in [4.78, 5) is 10.9. The number of anilines is 1. The van der Waals surface area contributed by atoms with Crippen LogP contribution in [0.2, 0.25) is 0 Å². The molecule has 0 spiro atoms. The van der Waals surface area contributed by atoms with Crippen molar-refractivity contribution in [3.63, 3.8) is 0 Å². The average molecular weight is 311 g/mol. The lowest BCUT2D eigenvalue weighted by atomic mass is 10.2. The van der Waals surface area contributed by atoms with Crippen molar-refractivity contribution >= 4 is 11.7 Å². The van der Waals surface area contributed by atoms with Gasteiger partial charge in [0, 0.05) is 18.3 Å². The van der Waals surface area contributed by atoms with E-state index in [1.54, 1.807) is 6.07 Å². The van der Waals surface area contributed by atoms with Crippen LogP contribution >= 0.6 is 0 Å². The fraction of sp³-hybridized carbons (Fsp3) is 0.286. The summed E-state index contributed by atoms with van der Waals surface area (Å²) in [5.41, 5.74) is 0.477. The van der Waals surface area contributed by atoms with Crippen LogP contribution in [0.15, 0.2) is 30.5 Å². The van der Waals surface area contributed by atoms with E-state index in [2.05, 4.69) is 10.4 Å². The zero-order valence-electron chi connectivity index (χ0n) is 11.3. The number of aromatic nitrogens is 2. The number of rotatable bonds is 5. The number of hydrogen-bond donors (Lipinski definition) is 2. The van der Waals surface area contributed by atoms with Gasteiger partial charge in [-0.15, -0.1) is 0 Å². The van der Waals surface area contributed by atoms with E-state index in [9.17, 15) is 18.0 Å². The molecule has 22 heavy (non-hydrogen) atoms. The highest BCUT2D eigenvalue weighted by atomic mass is 19.3. The highest BCUT2D eigenvalue weighted by molar-refractivity contribution is 5.89. The molecule has 1 heterocycles. The zero-order chi connectivity index (χ0) is 15.9. The highest BCUT2D eigenvalue weighted by Crippen LogP contribution is 2.52. The molecule has 0 saturated heterocycles. The molecule has 0 radical (unpaired) electrons. The van der Waals surface area contributed by atoms with E-state index in [1.807, 2.05) is 0 Å². The van der Waals surface area contributed by atoms with E-state index >= 15 is 0 Å². The fourth-order valence-electron chi connectivity index (χ4n) is 2.22. The second kappa shape index (κ2) is 5.04. The summed E-state index contributed by atoms with van der Waals surface area (Å²) in [5, 5.41) is 15.6. The van der Waals surface area contributed by atoms with E-state index in [0.717, 1.165) is 12.1 Å². The summed E-state index contributed by atoms with van der Waals surface area (Å²) in [6.07, 6.45) is 1.19. The van der Waals surface area contributed by atoms with Crippen molar-refractivity contribution in [2.75, 3.05) is 5.32 Å². The SMILES string of the molecule is O=C(O)c1cc(NCc2ccnn2C2CC2(F)F)ccc1F. The van der Waals surface area contributed by atoms with Gasteiger partial charge in [0.25, 0.3) is 5.92 Å². The molecule has 3 rings (SSSR count). The predicted molar refractivity (Wildman–Crippen MR) is 71.5 cm³/mol. The third kappa shape index (κ3) is 2.63. The van der Waals surface area contributed by atoms with Crippen LogP contribution in [0.1, 0.15) is 28.5 Å². The van der Waals surface area contributed by atoms with Crippen LogP contribution in [-0.4, -0.2) is 26.8 Å². The minimum Gasteiger partial charge on any atom is -0.478 e. The molecule has 1 fully saturated rings. The number of alkyl halides is 2. The summed E-state index contributed by atoms with van der Waals surface area (Å²) in [7, 11) is 0. The van der Waals surface area contributed by atoms with Gasteiger partial charge in [-0.2, -0.15) is 5.10 Å². The van der Waals surface area contributed by atoms with Crippen molar-refractivity contribution in [2.45, 2.75) is 24.9 Å². The quantitative estimate of drug-likeness (QED) is 0.891. The van der Waals surface area contributed by atoms with Crippen molar-refractivity contribution < 1.29 is 23.1 Å². The third-order valence-corrected chi connectivity index (χ3v) is 3.51. The van der Waals surface area contributed by atoms with Gasteiger partial charge in [-0.25, -0.2) is 18.0 Å². The molecule has 1 aliphatic rings. The van der Waals surface area contributed by atoms with Gasteiger partial charge in [0.2, 0.25) is 0 Å². The van der Waals surface area contributed by atoms with E-state index in [4.69, 9.17) is 5.11 Å². The predicted octanol–water partition coefficient (Wildman–Crippen LogP) is 2.91. The van der Waals surface area contributed by atoms with Crippen molar-refractivity contribution in [3.8, 4) is 0 Å². The van der Waals surface area contributed by atoms with Crippen LogP contribution < -0.4 is 5.32 Å². The Hall–Kier alpha value is -2.51. The van der Waals surface area contributed by atoms with E-state index < -0.39 is 29.3 Å². The summed E-state index contributed by atoms with van der Waals surface area (Å²) in [5.74, 6) is -4.93. The molecule has 8 heteroatoms. The Labute approximate surface area is 123 Å². The Balaban J connectivity index is 1.73. The molecule has 2 aromatic rings. The number of carboxylic acids is 1. The fourth-order valence-corrected chi connectivity index (χ4v) is 2.22. The topological polar surface area (TPSA) is 67.2 Å². The summed E-state index contributed by atoms with van der Waals surface area (Å²) >= 11 is 0. The first-order valence-corrected chi connectivity index (χ1v) is 6.55. The summed E-state index contributed by atoms with van der Waals surface area (Å²) in [6.45, 7) is 0.178. The van der Waals surface area contributed by atoms with Crippen molar-refractivity contribution in [1.29, 1.82) is 0 Å². The first-order chi connectivity index (χ1) is 10.4. The largest absolute Gasteiger partial charge is 0.478 e. The number of aromatic carboxylic acids is 1. The van der Waals surface area contributed by atoms with Gasteiger partial charge in [0.05, 0.1) is 17.8 Å². The molecule has 1 aliphatic carbocycles. The van der Waals surface area contributed by atoms with Gasteiger partial charge in [-0.1, -0.05) is 0 Å². The molecule has 1 saturated carbocycles. The molecule has 0 aliphatic heterocycles. The standard InChI is InChI=1S/C14H12F3N3O2/c15-11-2-1-8(5-10(11)13(21)22)18-7-9-3-4-19-20(9)12-6-14(12,16)17/h1-5,12,18H,6-7H2,(H,21,22). The maximum Gasteiger partial charge on any atom is 0.338 e. The van der Waals surface area contributed by atoms with Crippen molar-refractivity contribution in [1.82, 2.24) is 9.78 Å². The number of benzene rings is 1. The van der Waals surface area contributed by atoms with Gasteiger partial charge in [-0.05, 0) is 24.3 Å². The molecule has 5 nitrogen and oxygen atoms in total. The monoisotopic (exact) mass is 311 g/mol. The first-order valence-electron chi connectivity index (χ1n) is 6.55. The summed E-state index contributed by atoms with van der Waals surface area (Å²) in [6, 6.07) is 4.25. The van der Waals surface area contributed by atoms with Crippen molar-refractivity contribution in [2.24, 2.45) is 0 Å². The smallest absolute Gasteiger partial charge is 0.338 e. The van der Waals surface area contributed by atoms with Crippen LogP contribution in [0.5, 0.6) is 0 Å². The van der Waals surface area contributed by atoms with Crippen LogP contribution in [0.3, 0.4) is 0 Å². The Morgan fingerprint density at radius 1 is 1.45 bits per heavy atom. The molecule has 0 bridgehead atoms. The number of halogens is 3. The normalized spacial score (nSPS) is 19.0. The van der Waals surface area contributed by atoms with Gasteiger partial charge in [0.1, 0.15) is 11.9 Å². The Morgan fingerprint density at radius 2 is 2.18 bits per heavy atom. The van der Waals surface area contributed by atoms with E-state index in [1.165, 1.54) is 16.9 Å². The minimum absolute atomic E-state index is 0.178. The second-order valence-electron chi connectivity index (χ2n) is 5.10. The van der Waals surface area contributed by atoms with E-state index in [0.29, 0.717) is 11.4 Å². The maximum atomic E-state index is 13.3. The second-order valence-corrected chi connectivity index (χ2v) is 5.10. The molecular formula is C14H12F3N3O2. The van der Waals surface area contributed by atoms with Gasteiger partial charge in [-0.3, -0.25) is 4.68 Å². The first kappa shape index (κ1) is 14.4. The maximum absolute atomic E-state index is 13.3. The van der Waals surface area contributed by atoms with Crippen LogP contribution in [0, 0.1) is 5.82 Å². The zero-order valence-corrected chi connectivity index (χ0v) is 11.3. The van der Waals surface area contributed by atoms with Crippen LogP contribution in [0.4, 0.5) is 18.9 Å². The van der Waals surface area contributed by atoms with Gasteiger partial charge < -0.3 is 10.4 Å². The van der Waals surface area contributed by atoms with Crippen LogP contribution in [-0.2, 0) is 6.54 Å². The molecule has 1 aromatic carbocycles. The molecule has 1 atom stereocenters. The number of nitrogens with zero attached hydrogens (tertiary/aromatic N) is 2. The molecule has 2 N–H and O–H groups in total. The average Bonchev–Trinajstić information content (AvgIpc) is 2.88. The molecule has 116 valence electrons.